The van der Waals surface area contributed by atoms with Crippen LogP contribution in [0.2, 0.25) is 0 Å². The summed E-state index contributed by atoms with van der Waals surface area (Å²) in [7, 11) is 0. The third-order valence-corrected chi connectivity index (χ3v) is 6.91. The van der Waals surface area contributed by atoms with Gasteiger partial charge < -0.3 is 10.1 Å². The Balaban J connectivity index is 1.23. The summed E-state index contributed by atoms with van der Waals surface area (Å²) < 4.78 is 5.81. The van der Waals surface area contributed by atoms with Gasteiger partial charge in [0.15, 0.2) is 0 Å². The molecule has 5 nitrogen and oxygen atoms in total. The van der Waals surface area contributed by atoms with Gasteiger partial charge in [0.05, 0.1) is 21.4 Å². The molecule has 0 radical (unpaired) electrons. The van der Waals surface area contributed by atoms with Crippen molar-refractivity contribution in [2.75, 3.05) is 6.54 Å². The van der Waals surface area contributed by atoms with Crippen molar-refractivity contribution in [3.8, 4) is 5.75 Å². The molecule has 0 saturated heterocycles. The van der Waals surface area contributed by atoms with E-state index in [1.165, 1.54) is 23.4 Å². The lowest BCUT2D eigenvalue weighted by molar-refractivity contribution is -0.116. The van der Waals surface area contributed by atoms with E-state index in [4.69, 9.17) is 9.72 Å². The molecule has 1 aliphatic rings. The van der Waals surface area contributed by atoms with Crippen molar-refractivity contribution in [2.24, 2.45) is 0 Å². The summed E-state index contributed by atoms with van der Waals surface area (Å²) >= 11 is 3.42. The number of thiazole rings is 2. The van der Waals surface area contributed by atoms with Crippen LogP contribution in [0.1, 0.15) is 44.7 Å². The minimum absolute atomic E-state index is 0.0967. The van der Waals surface area contributed by atoms with E-state index >= 15 is 0 Å². The number of fused-ring (bicyclic) bond motifs is 1. The number of benzene rings is 1. The number of ether oxygens (including phenoxy) is 1. The van der Waals surface area contributed by atoms with Crippen molar-refractivity contribution >= 4 is 34.7 Å². The summed E-state index contributed by atoms with van der Waals surface area (Å²) in [5.41, 5.74) is 3.13. The number of aromatic nitrogens is 2. The molecule has 0 bridgehead atoms. The van der Waals surface area contributed by atoms with Crippen molar-refractivity contribution in [3.05, 3.63) is 67.6 Å². The fraction of sp³-hybridized carbons (Fsp3) is 0.348. The Bertz CT molecular complexity index is 1020. The molecule has 0 saturated carbocycles. The van der Waals surface area contributed by atoms with Gasteiger partial charge in [-0.15, -0.1) is 22.7 Å². The summed E-state index contributed by atoms with van der Waals surface area (Å²) in [4.78, 5) is 22.7. The van der Waals surface area contributed by atoms with Crippen LogP contribution in [0.15, 0.2) is 35.7 Å². The molecule has 3 aromatic rings. The number of nitrogens with one attached hydrogen (secondary N) is 1. The van der Waals surface area contributed by atoms with Gasteiger partial charge in [-0.1, -0.05) is 12.1 Å². The minimum Gasteiger partial charge on any atom is -0.487 e. The number of aryl methyl sites for hydroxylation is 3. The Morgan fingerprint density at radius 3 is 3.00 bits per heavy atom. The van der Waals surface area contributed by atoms with Crippen molar-refractivity contribution in [2.45, 2.75) is 45.6 Å². The highest BCUT2D eigenvalue weighted by Gasteiger charge is 2.14. The number of carbonyl (C=O) groups is 1. The fourth-order valence-electron chi connectivity index (χ4n) is 3.38. The quantitative estimate of drug-likeness (QED) is 0.515. The van der Waals surface area contributed by atoms with E-state index in [0.717, 1.165) is 46.3 Å². The van der Waals surface area contributed by atoms with Crippen LogP contribution in [-0.2, 0) is 30.7 Å². The highest BCUT2D eigenvalue weighted by Crippen LogP contribution is 2.26. The molecule has 2 heterocycles. The smallest absolute Gasteiger partial charge is 0.244 e. The molecule has 1 amide bonds. The molecule has 0 unspecified atom stereocenters. The maximum Gasteiger partial charge on any atom is 0.244 e. The van der Waals surface area contributed by atoms with Crippen LogP contribution in [0.4, 0.5) is 0 Å². The van der Waals surface area contributed by atoms with E-state index < -0.39 is 0 Å². The number of hydrogen-bond donors (Lipinski definition) is 1. The zero-order valence-corrected chi connectivity index (χ0v) is 18.7. The fourth-order valence-corrected chi connectivity index (χ4v) is 5.13. The van der Waals surface area contributed by atoms with Gasteiger partial charge in [0.2, 0.25) is 5.91 Å². The Hall–Kier alpha value is -2.51. The summed E-state index contributed by atoms with van der Waals surface area (Å²) in [5, 5.41) is 7.12. The zero-order valence-electron chi connectivity index (χ0n) is 17.0. The molecule has 2 aromatic heterocycles. The van der Waals surface area contributed by atoms with Crippen molar-refractivity contribution in [1.82, 2.24) is 15.3 Å². The van der Waals surface area contributed by atoms with Gasteiger partial charge in [-0.3, -0.25) is 4.79 Å². The number of nitrogens with zero attached hydrogens (tertiary/aromatic N) is 2. The lowest BCUT2D eigenvalue weighted by Crippen LogP contribution is -2.23. The first-order chi connectivity index (χ1) is 14.7. The second-order valence-electron chi connectivity index (χ2n) is 7.28. The highest BCUT2D eigenvalue weighted by molar-refractivity contribution is 7.11. The third kappa shape index (κ3) is 5.77. The van der Waals surface area contributed by atoms with Crippen molar-refractivity contribution in [3.63, 3.8) is 0 Å². The highest BCUT2D eigenvalue weighted by atomic mass is 32.1. The topological polar surface area (TPSA) is 64.1 Å². The molecule has 0 aliphatic heterocycles. The van der Waals surface area contributed by atoms with E-state index in [1.807, 2.05) is 36.6 Å². The number of carbonyl (C=O) groups excluding carboxylic acids is 1. The monoisotopic (exact) mass is 439 g/mol. The second kappa shape index (κ2) is 10.00. The average Bonchev–Trinajstić information content (AvgIpc) is 3.36. The van der Waals surface area contributed by atoms with E-state index in [9.17, 15) is 4.79 Å². The SMILES string of the molecule is Cc1nc(COc2cccc(/C=C/C(=O)NCCc3nc4c(s3)CCCC4)c2)cs1. The van der Waals surface area contributed by atoms with Crippen LogP contribution in [0, 0.1) is 6.92 Å². The van der Waals surface area contributed by atoms with Crippen LogP contribution >= 0.6 is 22.7 Å². The van der Waals surface area contributed by atoms with Crippen molar-refractivity contribution < 1.29 is 9.53 Å². The standard InChI is InChI=1S/C23H25N3O2S2/c1-16-25-18(15-29-16)14-28-19-6-4-5-17(13-19)9-10-22(27)24-12-11-23-26-20-7-2-3-8-21(20)30-23/h4-6,9-10,13,15H,2-3,7-8,11-12,14H2,1H3,(H,24,27)/b10-9+. The number of amides is 1. The number of hydrogen-bond acceptors (Lipinski definition) is 6. The molecular formula is C23H25N3O2S2. The summed E-state index contributed by atoms with van der Waals surface area (Å²) in [6.07, 6.45) is 8.94. The van der Waals surface area contributed by atoms with Crippen LogP contribution in [-0.4, -0.2) is 22.4 Å². The molecule has 4 rings (SSSR count). The summed E-state index contributed by atoms with van der Waals surface area (Å²) in [5.74, 6) is 0.663. The average molecular weight is 440 g/mol. The van der Waals surface area contributed by atoms with E-state index in [1.54, 1.807) is 34.8 Å². The Morgan fingerprint density at radius 1 is 1.27 bits per heavy atom. The van der Waals surface area contributed by atoms with Crippen LogP contribution in [0.25, 0.3) is 6.08 Å². The first kappa shape index (κ1) is 20.8. The van der Waals surface area contributed by atoms with Gasteiger partial charge >= 0.3 is 0 Å². The van der Waals surface area contributed by atoms with Gasteiger partial charge in [0, 0.05) is 29.3 Å². The maximum atomic E-state index is 12.1. The largest absolute Gasteiger partial charge is 0.487 e. The lowest BCUT2D eigenvalue weighted by atomic mass is 10.0. The molecule has 156 valence electrons. The van der Waals surface area contributed by atoms with Crippen molar-refractivity contribution in [1.29, 1.82) is 0 Å². The maximum absolute atomic E-state index is 12.1. The summed E-state index contributed by atoms with van der Waals surface area (Å²) in [6, 6.07) is 7.69. The molecule has 0 fully saturated rings. The summed E-state index contributed by atoms with van der Waals surface area (Å²) in [6.45, 7) is 3.03. The predicted octanol–water partition coefficient (Wildman–Crippen LogP) is 4.74. The predicted molar refractivity (Wildman–Crippen MR) is 122 cm³/mol. The van der Waals surface area contributed by atoms with E-state index in [2.05, 4.69) is 10.3 Å². The van der Waals surface area contributed by atoms with Gasteiger partial charge in [-0.2, -0.15) is 0 Å². The molecule has 1 aromatic carbocycles. The molecule has 7 heteroatoms. The molecular weight excluding hydrogens is 414 g/mol. The van der Waals surface area contributed by atoms with E-state index in [0.29, 0.717) is 13.2 Å². The van der Waals surface area contributed by atoms with Gasteiger partial charge in [-0.25, -0.2) is 9.97 Å². The molecule has 1 aliphatic carbocycles. The molecule has 0 spiro atoms. The van der Waals surface area contributed by atoms with Gasteiger partial charge in [0.25, 0.3) is 0 Å². The second-order valence-corrected chi connectivity index (χ2v) is 9.51. The van der Waals surface area contributed by atoms with Crippen LogP contribution in [0.3, 0.4) is 0 Å². The normalized spacial score (nSPS) is 13.4. The Kier molecular flexibility index (Phi) is 6.92. The molecule has 1 N–H and O–H groups in total. The number of rotatable bonds is 8. The zero-order chi connectivity index (χ0) is 20.8. The van der Waals surface area contributed by atoms with Gasteiger partial charge in [0.1, 0.15) is 12.4 Å². The Labute approximate surface area is 184 Å². The minimum atomic E-state index is -0.0967. The Morgan fingerprint density at radius 2 is 2.17 bits per heavy atom. The lowest BCUT2D eigenvalue weighted by Gasteiger charge is -2.06. The van der Waals surface area contributed by atoms with Gasteiger partial charge in [-0.05, 0) is 56.4 Å². The first-order valence-electron chi connectivity index (χ1n) is 10.2. The third-order valence-electron chi connectivity index (χ3n) is 4.87. The van der Waals surface area contributed by atoms with Crippen LogP contribution in [0.5, 0.6) is 5.75 Å². The first-order valence-corrected chi connectivity index (χ1v) is 11.9. The molecule has 0 atom stereocenters. The van der Waals surface area contributed by atoms with E-state index in [-0.39, 0.29) is 5.91 Å². The van der Waals surface area contributed by atoms with Crippen LogP contribution < -0.4 is 10.1 Å². The molecule has 30 heavy (non-hydrogen) atoms.